The Labute approximate surface area is 179 Å². The van der Waals surface area contributed by atoms with Crippen molar-refractivity contribution >= 4 is 35.0 Å². The molecule has 0 spiro atoms. The number of hydrogen-bond donors (Lipinski definition) is 0. The third-order valence-electron chi connectivity index (χ3n) is 4.91. The maximum Gasteiger partial charge on any atom is 0.259 e. The molecule has 6 nitrogen and oxygen atoms in total. The van der Waals surface area contributed by atoms with Crippen LogP contribution in [-0.2, 0) is 11.2 Å². The molecule has 0 bridgehead atoms. The third kappa shape index (κ3) is 4.77. The quantitative estimate of drug-likeness (QED) is 0.718. The fourth-order valence-corrected chi connectivity index (χ4v) is 3.74. The molecular formula is C21H22Cl2N2O4. The lowest BCUT2D eigenvalue weighted by molar-refractivity contribution is -0.131. The van der Waals surface area contributed by atoms with Gasteiger partial charge in [-0.25, -0.2) is 0 Å². The first-order chi connectivity index (χ1) is 13.9. The average molecular weight is 437 g/mol. The van der Waals surface area contributed by atoms with Gasteiger partial charge in [0.25, 0.3) is 5.91 Å². The first-order valence-corrected chi connectivity index (χ1v) is 9.92. The van der Waals surface area contributed by atoms with Crippen LogP contribution in [0.5, 0.6) is 11.5 Å². The van der Waals surface area contributed by atoms with Gasteiger partial charge in [-0.2, -0.15) is 0 Å². The Morgan fingerprint density at radius 1 is 0.862 bits per heavy atom. The Balaban J connectivity index is 1.62. The first kappa shape index (κ1) is 21.3. The zero-order chi connectivity index (χ0) is 21.0. The zero-order valence-electron chi connectivity index (χ0n) is 16.3. The molecule has 1 fully saturated rings. The zero-order valence-corrected chi connectivity index (χ0v) is 17.8. The van der Waals surface area contributed by atoms with Gasteiger partial charge in [0.15, 0.2) is 5.75 Å². The monoisotopic (exact) mass is 436 g/mol. The topological polar surface area (TPSA) is 59.1 Å². The molecule has 1 saturated heterocycles. The van der Waals surface area contributed by atoms with E-state index in [0.29, 0.717) is 37.6 Å². The van der Waals surface area contributed by atoms with Crippen molar-refractivity contribution in [2.24, 2.45) is 0 Å². The number of carbonyl (C=O) groups is 2. The van der Waals surface area contributed by atoms with E-state index in [9.17, 15) is 9.59 Å². The molecular weight excluding hydrogens is 415 g/mol. The Kier molecular flexibility index (Phi) is 6.87. The summed E-state index contributed by atoms with van der Waals surface area (Å²) in [6, 6.07) is 10.6. The van der Waals surface area contributed by atoms with E-state index in [4.69, 9.17) is 32.7 Å². The molecule has 2 aromatic carbocycles. The molecule has 0 unspecified atom stereocenters. The van der Waals surface area contributed by atoms with Crippen LogP contribution in [0.3, 0.4) is 0 Å². The average Bonchev–Trinajstić information content (AvgIpc) is 2.75. The van der Waals surface area contributed by atoms with Crippen molar-refractivity contribution in [3.05, 3.63) is 57.6 Å². The fraction of sp³-hybridized carbons (Fsp3) is 0.333. The molecule has 0 aromatic heterocycles. The number of piperazine rings is 1. The number of ether oxygens (including phenoxy) is 2. The van der Waals surface area contributed by atoms with Gasteiger partial charge in [0, 0.05) is 26.2 Å². The van der Waals surface area contributed by atoms with Crippen LogP contribution in [0.25, 0.3) is 0 Å². The van der Waals surface area contributed by atoms with Gasteiger partial charge in [-0.3, -0.25) is 9.59 Å². The molecule has 1 heterocycles. The highest BCUT2D eigenvalue weighted by atomic mass is 35.5. The maximum atomic E-state index is 13.0. The molecule has 154 valence electrons. The molecule has 0 aliphatic carbocycles. The lowest BCUT2D eigenvalue weighted by atomic mass is 10.1. The number of hydrogen-bond acceptors (Lipinski definition) is 4. The van der Waals surface area contributed by atoms with Gasteiger partial charge in [0.05, 0.1) is 30.7 Å². The normalized spacial score (nSPS) is 13.9. The van der Waals surface area contributed by atoms with E-state index >= 15 is 0 Å². The summed E-state index contributed by atoms with van der Waals surface area (Å²) in [7, 11) is 3.05. The molecule has 2 aromatic rings. The number of nitrogens with zero attached hydrogens (tertiary/aromatic N) is 2. The van der Waals surface area contributed by atoms with Crippen LogP contribution < -0.4 is 9.47 Å². The molecule has 29 heavy (non-hydrogen) atoms. The molecule has 0 N–H and O–H groups in total. The van der Waals surface area contributed by atoms with Crippen molar-refractivity contribution < 1.29 is 19.1 Å². The fourth-order valence-electron chi connectivity index (χ4n) is 3.28. The van der Waals surface area contributed by atoms with Gasteiger partial charge < -0.3 is 19.3 Å². The minimum atomic E-state index is -0.253. The summed E-state index contributed by atoms with van der Waals surface area (Å²) in [6.45, 7) is 1.75. The van der Waals surface area contributed by atoms with Crippen molar-refractivity contribution in [2.45, 2.75) is 6.42 Å². The third-order valence-corrected chi connectivity index (χ3v) is 5.52. The van der Waals surface area contributed by atoms with Gasteiger partial charge >= 0.3 is 0 Å². The Morgan fingerprint density at radius 3 is 2.03 bits per heavy atom. The summed E-state index contributed by atoms with van der Waals surface area (Å²) in [6.07, 6.45) is 0.311. The Bertz CT molecular complexity index is 894. The van der Waals surface area contributed by atoms with E-state index in [1.165, 1.54) is 7.11 Å². The number of carbonyl (C=O) groups excluding carboxylic acids is 2. The molecule has 1 aliphatic rings. The van der Waals surface area contributed by atoms with Gasteiger partial charge in [0.2, 0.25) is 5.91 Å². The largest absolute Gasteiger partial charge is 0.497 e. The van der Waals surface area contributed by atoms with Crippen molar-refractivity contribution in [3.8, 4) is 11.5 Å². The van der Waals surface area contributed by atoms with E-state index in [2.05, 4.69) is 0 Å². The van der Waals surface area contributed by atoms with Gasteiger partial charge in [0.1, 0.15) is 11.3 Å². The summed E-state index contributed by atoms with van der Waals surface area (Å²) in [5.41, 5.74) is 1.17. The standard InChI is InChI=1S/C21H22Cl2N2O4/c1-28-15-5-3-14(4-6-15)13-18(26)24-9-11-25(12-10-24)21(27)19-16(22)7-8-17(23)20(19)29-2/h3-8H,9-13H2,1-2H3. The van der Waals surface area contributed by atoms with E-state index in [1.807, 2.05) is 24.3 Å². The van der Waals surface area contributed by atoms with Crippen LogP contribution in [-0.4, -0.2) is 62.0 Å². The lowest BCUT2D eigenvalue weighted by Crippen LogP contribution is -2.51. The van der Waals surface area contributed by atoms with Crippen LogP contribution in [0.4, 0.5) is 0 Å². The van der Waals surface area contributed by atoms with Crippen LogP contribution in [0.15, 0.2) is 36.4 Å². The summed E-state index contributed by atoms with van der Waals surface area (Å²) >= 11 is 12.4. The molecule has 8 heteroatoms. The highest BCUT2D eigenvalue weighted by molar-refractivity contribution is 6.37. The molecule has 0 atom stereocenters. The van der Waals surface area contributed by atoms with E-state index in [-0.39, 0.29) is 28.1 Å². The highest BCUT2D eigenvalue weighted by Crippen LogP contribution is 2.34. The van der Waals surface area contributed by atoms with E-state index in [1.54, 1.807) is 29.0 Å². The number of benzene rings is 2. The summed E-state index contributed by atoms with van der Waals surface area (Å²) < 4.78 is 10.4. The molecule has 0 radical (unpaired) electrons. The van der Waals surface area contributed by atoms with Gasteiger partial charge in [-0.15, -0.1) is 0 Å². The smallest absolute Gasteiger partial charge is 0.259 e. The molecule has 3 rings (SSSR count). The van der Waals surface area contributed by atoms with Gasteiger partial charge in [-0.1, -0.05) is 35.3 Å². The second-order valence-corrected chi connectivity index (χ2v) is 7.45. The predicted molar refractivity (Wildman–Crippen MR) is 112 cm³/mol. The van der Waals surface area contributed by atoms with Gasteiger partial charge in [-0.05, 0) is 29.8 Å². The number of halogens is 2. The Hall–Kier alpha value is -2.44. The minimum Gasteiger partial charge on any atom is -0.497 e. The maximum absolute atomic E-state index is 13.0. The van der Waals surface area contributed by atoms with Crippen molar-refractivity contribution in [3.63, 3.8) is 0 Å². The second kappa shape index (κ2) is 9.37. The summed E-state index contributed by atoms with van der Waals surface area (Å²) in [5, 5.41) is 0.614. The number of rotatable bonds is 5. The van der Waals surface area contributed by atoms with Crippen LogP contribution in [0.1, 0.15) is 15.9 Å². The highest BCUT2D eigenvalue weighted by Gasteiger charge is 2.28. The summed E-state index contributed by atoms with van der Waals surface area (Å²) in [4.78, 5) is 29.0. The van der Waals surface area contributed by atoms with Crippen molar-refractivity contribution in [1.29, 1.82) is 0 Å². The minimum absolute atomic E-state index is 0.0284. The first-order valence-electron chi connectivity index (χ1n) is 9.16. The SMILES string of the molecule is COc1ccc(CC(=O)N2CCN(C(=O)c3c(Cl)ccc(Cl)c3OC)CC2)cc1. The van der Waals surface area contributed by atoms with E-state index in [0.717, 1.165) is 11.3 Å². The van der Waals surface area contributed by atoms with Crippen molar-refractivity contribution in [1.82, 2.24) is 9.80 Å². The van der Waals surface area contributed by atoms with E-state index < -0.39 is 0 Å². The molecule has 2 amide bonds. The Morgan fingerprint density at radius 2 is 1.45 bits per heavy atom. The molecule has 1 aliphatic heterocycles. The predicted octanol–water partition coefficient (Wildman–Crippen LogP) is 3.54. The number of methoxy groups -OCH3 is 2. The second-order valence-electron chi connectivity index (χ2n) is 6.64. The molecule has 0 saturated carbocycles. The van der Waals surface area contributed by atoms with Crippen molar-refractivity contribution in [2.75, 3.05) is 40.4 Å². The van der Waals surface area contributed by atoms with Crippen LogP contribution in [0.2, 0.25) is 10.0 Å². The number of amides is 2. The summed E-state index contributed by atoms with van der Waals surface area (Å²) in [5.74, 6) is 0.794. The van der Waals surface area contributed by atoms with Crippen LogP contribution >= 0.6 is 23.2 Å². The lowest BCUT2D eigenvalue weighted by Gasteiger charge is -2.35. The van der Waals surface area contributed by atoms with Crippen LogP contribution in [0, 0.1) is 0 Å².